The number of amides is 1. The summed E-state index contributed by atoms with van der Waals surface area (Å²) < 4.78 is 2.35. The Bertz CT molecular complexity index is 995. The van der Waals surface area contributed by atoms with Gasteiger partial charge in [-0.15, -0.1) is 0 Å². The minimum atomic E-state index is -0.0854. The standard InChI is InChI=1S/C29H44N4O/c1-19-22(27(34)30-21-14-11-15-21)16-23(33(19)18-20-12-9-8-10-13-20)26-31-24(28(2,3)4)17-25(32-26)29(5,6)7/h16-17,20-21H,8-15,18H2,1-7H3,(H,30,34). The van der Waals surface area contributed by atoms with Crippen molar-refractivity contribution in [1.82, 2.24) is 19.9 Å². The summed E-state index contributed by atoms with van der Waals surface area (Å²) in [6, 6.07) is 4.54. The molecule has 4 rings (SSSR count). The number of nitrogens with one attached hydrogen (secondary N) is 1. The largest absolute Gasteiger partial charge is 0.349 e. The van der Waals surface area contributed by atoms with Crippen molar-refractivity contribution in [2.24, 2.45) is 5.92 Å². The maximum absolute atomic E-state index is 13.2. The Balaban J connectivity index is 1.81. The van der Waals surface area contributed by atoms with Crippen molar-refractivity contribution in [2.75, 3.05) is 0 Å². The first-order chi connectivity index (χ1) is 15.9. The molecular formula is C29H44N4O. The summed E-state index contributed by atoms with van der Waals surface area (Å²) in [6.45, 7) is 16.3. The number of hydrogen-bond acceptors (Lipinski definition) is 3. The molecule has 2 aromatic heterocycles. The van der Waals surface area contributed by atoms with E-state index in [9.17, 15) is 4.79 Å². The van der Waals surface area contributed by atoms with E-state index < -0.39 is 0 Å². The second-order valence-corrected chi connectivity index (χ2v) is 12.7. The van der Waals surface area contributed by atoms with Gasteiger partial charge in [0, 0.05) is 29.1 Å². The van der Waals surface area contributed by atoms with Gasteiger partial charge in [-0.3, -0.25) is 4.79 Å². The van der Waals surface area contributed by atoms with E-state index in [2.05, 4.69) is 70.5 Å². The molecule has 0 unspecified atom stereocenters. The Kier molecular flexibility index (Phi) is 6.94. The number of aromatic nitrogens is 3. The number of hydrogen-bond donors (Lipinski definition) is 1. The fourth-order valence-corrected chi connectivity index (χ4v) is 5.07. The van der Waals surface area contributed by atoms with Crippen molar-refractivity contribution in [2.45, 2.75) is 123 Å². The van der Waals surface area contributed by atoms with E-state index in [1.54, 1.807) is 0 Å². The summed E-state index contributed by atoms with van der Waals surface area (Å²) in [5.74, 6) is 1.45. The predicted octanol–water partition coefficient (Wildman–Crippen LogP) is 6.71. The van der Waals surface area contributed by atoms with E-state index in [0.29, 0.717) is 12.0 Å². The fourth-order valence-electron chi connectivity index (χ4n) is 5.07. The van der Waals surface area contributed by atoms with Gasteiger partial charge in [-0.05, 0) is 57.1 Å². The highest BCUT2D eigenvalue weighted by Gasteiger charge is 2.28. The van der Waals surface area contributed by atoms with Crippen LogP contribution < -0.4 is 5.32 Å². The van der Waals surface area contributed by atoms with Crippen LogP contribution in [-0.4, -0.2) is 26.5 Å². The first-order valence-corrected chi connectivity index (χ1v) is 13.3. The number of nitrogens with zero attached hydrogens (tertiary/aromatic N) is 3. The predicted molar refractivity (Wildman–Crippen MR) is 139 cm³/mol. The number of carbonyl (C=O) groups excluding carboxylic acids is 1. The molecule has 186 valence electrons. The van der Waals surface area contributed by atoms with Crippen LogP contribution in [0.15, 0.2) is 12.1 Å². The molecule has 5 nitrogen and oxygen atoms in total. The van der Waals surface area contributed by atoms with Gasteiger partial charge in [-0.2, -0.15) is 0 Å². The molecule has 2 fully saturated rings. The van der Waals surface area contributed by atoms with Gasteiger partial charge in [-0.1, -0.05) is 60.8 Å². The van der Waals surface area contributed by atoms with Crippen LogP contribution in [0.1, 0.15) is 120 Å². The quantitative estimate of drug-likeness (QED) is 0.535. The highest BCUT2D eigenvalue weighted by atomic mass is 16.1. The number of rotatable bonds is 5. The van der Waals surface area contributed by atoms with E-state index in [0.717, 1.165) is 53.5 Å². The second kappa shape index (κ2) is 9.47. The Hall–Kier alpha value is -2.17. The second-order valence-electron chi connectivity index (χ2n) is 12.7. The molecule has 2 aliphatic rings. The summed E-state index contributed by atoms with van der Waals surface area (Å²) in [4.78, 5) is 23.4. The van der Waals surface area contributed by atoms with Crippen LogP contribution >= 0.6 is 0 Å². The Morgan fingerprint density at radius 3 is 2.00 bits per heavy atom. The average molecular weight is 465 g/mol. The third-order valence-corrected chi connectivity index (χ3v) is 7.71. The molecule has 0 radical (unpaired) electrons. The molecule has 0 atom stereocenters. The van der Waals surface area contributed by atoms with Crippen molar-refractivity contribution in [3.8, 4) is 11.5 Å². The lowest BCUT2D eigenvalue weighted by atomic mass is 9.86. The smallest absolute Gasteiger partial charge is 0.253 e. The Morgan fingerprint density at radius 2 is 1.50 bits per heavy atom. The highest BCUT2D eigenvalue weighted by molar-refractivity contribution is 5.97. The zero-order valence-corrected chi connectivity index (χ0v) is 22.4. The molecule has 2 heterocycles. The molecule has 1 N–H and O–H groups in total. The minimum Gasteiger partial charge on any atom is -0.349 e. The van der Waals surface area contributed by atoms with Gasteiger partial charge in [0.15, 0.2) is 5.82 Å². The molecule has 5 heteroatoms. The van der Waals surface area contributed by atoms with E-state index >= 15 is 0 Å². The van der Waals surface area contributed by atoms with Crippen LogP contribution in [0, 0.1) is 12.8 Å². The van der Waals surface area contributed by atoms with E-state index in [1.807, 2.05) is 0 Å². The van der Waals surface area contributed by atoms with Crippen LogP contribution in [0.25, 0.3) is 11.5 Å². The lowest BCUT2D eigenvalue weighted by molar-refractivity contribution is 0.0916. The van der Waals surface area contributed by atoms with E-state index in [1.165, 1.54) is 38.5 Å². The topological polar surface area (TPSA) is 59.8 Å². The first kappa shape index (κ1) is 24.9. The van der Waals surface area contributed by atoms with Gasteiger partial charge in [0.05, 0.1) is 22.6 Å². The molecule has 0 aromatic carbocycles. The molecule has 0 bridgehead atoms. The SMILES string of the molecule is Cc1c(C(=O)NC2CCC2)cc(-c2nc(C(C)(C)C)cc(C(C)(C)C)n2)n1CC1CCCCC1. The molecule has 1 amide bonds. The molecule has 2 saturated carbocycles. The summed E-state index contributed by atoms with van der Waals surface area (Å²) in [6.07, 6.45) is 9.86. The molecule has 2 aliphatic carbocycles. The van der Waals surface area contributed by atoms with Crippen LogP contribution in [0.4, 0.5) is 0 Å². The van der Waals surface area contributed by atoms with Gasteiger partial charge in [0.1, 0.15) is 0 Å². The third-order valence-electron chi connectivity index (χ3n) is 7.71. The molecule has 0 saturated heterocycles. The molecule has 2 aromatic rings. The van der Waals surface area contributed by atoms with E-state index in [4.69, 9.17) is 9.97 Å². The van der Waals surface area contributed by atoms with Crippen LogP contribution in [0.3, 0.4) is 0 Å². The normalized spacial score (nSPS) is 18.1. The van der Waals surface area contributed by atoms with Gasteiger partial charge in [0.25, 0.3) is 5.91 Å². The zero-order valence-electron chi connectivity index (χ0n) is 22.4. The van der Waals surface area contributed by atoms with E-state index in [-0.39, 0.29) is 16.7 Å². The molecular weight excluding hydrogens is 420 g/mol. The van der Waals surface area contributed by atoms with Gasteiger partial charge >= 0.3 is 0 Å². The summed E-state index contributed by atoms with van der Waals surface area (Å²) >= 11 is 0. The van der Waals surface area contributed by atoms with Crippen molar-refractivity contribution >= 4 is 5.91 Å². The van der Waals surface area contributed by atoms with Crippen molar-refractivity contribution in [1.29, 1.82) is 0 Å². The molecule has 34 heavy (non-hydrogen) atoms. The molecule has 0 aliphatic heterocycles. The Morgan fingerprint density at radius 1 is 0.912 bits per heavy atom. The summed E-state index contributed by atoms with van der Waals surface area (Å²) in [5.41, 5.74) is 4.73. The number of carbonyl (C=O) groups is 1. The monoisotopic (exact) mass is 464 g/mol. The summed E-state index contributed by atoms with van der Waals surface area (Å²) in [5, 5.41) is 3.25. The zero-order chi connectivity index (χ0) is 24.7. The van der Waals surface area contributed by atoms with Gasteiger partial charge in [-0.25, -0.2) is 9.97 Å². The maximum atomic E-state index is 13.2. The van der Waals surface area contributed by atoms with Crippen LogP contribution in [-0.2, 0) is 17.4 Å². The van der Waals surface area contributed by atoms with Crippen LogP contribution in [0.5, 0.6) is 0 Å². The summed E-state index contributed by atoms with van der Waals surface area (Å²) in [7, 11) is 0. The van der Waals surface area contributed by atoms with Crippen molar-refractivity contribution in [3.63, 3.8) is 0 Å². The van der Waals surface area contributed by atoms with Gasteiger partial charge < -0.3 is 9.88 Å². The Labute approximate surface area is 206 Å². The molecule has 0 spiro atoms. The van der Waals surface area contributed by atoms with Gasteiger partial charge in [0.2, 0.25) is 0 Å². The maximum Gasteiger partial charge on any atom is 0.253 e. The third kappa shape index (κ3) is 5.39. The van der Waals surface area contributed by atoms with Crippen molar-refractivity contribution < 1.29 is 4.79 Å². The fraction of sp³-hybridized carbons (Fsp3) is 0.690. The highest BCUT2D eigenvalue weighted by Crippen LogP contribution is 2.33. The minimum absolute atomic E-state index is 0.0499. The first-order valence-electron chi connectivity index (χ1n) is 13.3. The average Bonchev–Trinajstić information content (AvgIpc) is 3.06. The lowest BCUT2D eigenvalue weighted by Gasteiger charge is -2.26. The van der Waals surface area contributed by atoms with Crippen molar-refractivity contribution in [3.05, 3.63) is 34.8 Å². The lowest BCUT2D eigenvalue weighted by Crippen LogP contribution is -2.39. The van der Waals surface area contributed by atoms with Crippen LogP contribution in [0.2, 0.25) is 0 Å².